The molecule has 0 radical (unpaired) electrons. The van der Waals surface area contributed by atoms with Gasteiger partial charge in [-0.3, -0.25) is 9.78 Å². The van der Waals surface area contributed by atoms with Crippen molar-refractivity contribution >= 4 is 15.9 Å². The number of para-hydroxylation sites is 1. The van der Waals surface area contributed by atoms with Gasteiger partial charge in [-0.25, -0.2) is 8.42 Å². The lowest BCUT2D eigenvalue weighted by Gasteiger charge is -2.31. The zero-order valence-electron chi connectivity index (χ0n) is 16.2. The third kappa shape index (κ3) is 3.85. The van der Waals surface area contributed by atoms with Gasteiger partial charge in [-0.2, -0.15) is 4.31 Å². The van der Waals surface area contributed by atoms with Gasteiger partial charge in [0.15, 0.2) is 0 Å². The quantitative estimate of drug-likeness (QED) is 0.745. The zero-order valence-corrected chi connectivity index (χ0v) is 17.0. The van der Waals surface area contributed by atoms with Gasteiger partial charge >= 0.3 is 0 Å². The van der Waals surface area contributed by atoms with E-state index in [1.54, 1.807) is 47.5 Å². The number of carbonyl (C=O) groups excluding carboxylic acids is 1. The van der Waals surface area contributed by atoms with Crippen LogP contribution in [-0.4, -0.2) is 67.5 Å². The topological polar surface area (TPSA) is 89.0 Å². The van der Waals surface area contributed by atoms with E-state index in [0.29, 0.717) is 31.0 Å². The molecule has 1 aromatic carbocycles. The van der Waals surface area contributed by atoms with Crippen molar-refractivity contribution in [3.63, 3.8) is 0 Å². The molecule has 0 saturated carbocycles. The van der Waals surface area contributed by atoms with Crippen LogP contribution in [0, 0.1) is 0 Å². The lowest BCUT2D eigenvalue weighted by atomic mass is 10.0. The number of benzene rings is 1. The first-order chi connectivity index (χ1) is 13.9. The van der Waals surface area contributed by atoms with Crippen LogP contribution in [0.4, 0.5) is 0 Å². The Kier molecular flexibility index (Phi) is 5.28. The van der Waals surface area contributed by atoms with Crippen LogP contribution in [0.25, 0.3) is 0 Å². The molecule has 2 aromatic rings. The number of hydrogen-bond donors (Lipinski definition) is 0. The Morgan fingerprint density at radius 2 is 2.00 bits per heavy atom. The highest BCUT2D eigenvalue weighted by Crippen LogP contribution is 2.38. The average molecular weight is 417 g/mol. The normalized spacial score (nSPS) is 23.4. The van der Waals surface area contributed by atoms with E-state index >= 15 is 0 Å². The van der Waals surface area contributed by atoms with Gasteiger partial charge < -0.3 is 14.4 Å². The summed E-state index contributed by atoms with van der Waals surface area (Å²) in [5, 5.41) is 0. The highest BCUT2D eigenvalue weighted by atomic mass is 32.2. The Hall–Kier alpha value is -2.49. The van der Waals surface area contributed by atoms with Crippen molar-refractivity contribution in [2.45, 2.75) is 23.5 Å². The van der Waals surface area contributed by atoms with Crippen molar-refractivity contribution in [2.24, 2.45) is 0 Å². The van der Waals surface area contributed by atoms with E-state index in [9.17, 15) is 13.2 Å². The summed E-state index contributed by atoms with van der Waals surface area (Å²) in [6, 6.07) is 12.1. The van der Waals surface area contributed by atoms with Gasteiger partial charge in [0.2, 0.25) is 15.9 Å². The first-order valence-electron chi connectivity index (χ1n) is 9.38. The zero-order chi connectivity index (χ0) is 20.5. The highest BCUT2D eigenvalue weighted by Gasteiger charge is 2.48. The van der Waals surface area contributed by atoms with Crippen LogP contribution in [0.2, 0.25) is 0 Å². The number of nitrogens with zero attached hydrogens (tertiary/aromatic N) is 3. The number of likely N-dealkylation sites (tertiary alicyclic amines) is 1. The van der Waals surface area contributed by atoms with E-state index < -0.39 is 15.6 Å². The number of pyridine rings is 1. The first-order valence-corrected chi connectivity index (χ1v) is 10.8. The molecule has 1 unspecified atom stereocenters. The maximum atomic E-state index is 13.4. The molecule has 4 rings (SSSR count). The fourth-order valence-corrected chi connectivity index (χ4v) is 5.46. The number of fused-ring (bicyclic) bond motifs is 1. The highest BCUT2D eigenvalue weighted by molar-refractivity contribution is 7.89. The van der Waals surface area contributed by atoms with Crippen LogP contribution in [0.15, 0.2) is 53.6 Å². The molecule has 1 aromatic heterocycles. The van der Waals surface area contributed by atoms with E-state index in [0.717, 1.165) is 0 Å². The van der Waals surface area contributed by atoms with Crippen LogP contribution in [-0.2, 0) is 26.1 Å². The predicted molar refractivity (Wildman–Crippen MR) is 105 cm³/mol. The van der Waals surface area contributed by atoms with Gasteiger partial charge in [0.05, 0.1) is 25.3 Å². The summed E-state index contributed by atoms with van der Waals surface area (Å²) in [4.78, 5) is 18.4. The van der Waals surface area contributed by atoms with Crippen LogP contribution in [0.5, 0.6) is 5.75 Å². The summed E-state index contributed by atoms with van der Waals surface area (Å²) in [5.41, 5.74) is -0.173. The maximum Gasteiger partial charge on any atom is 0.248 e. The first kappa shape index (κ1) is 19.8. The number of methoxy groups -OCH3 is 1. The van der Waals surface area contributed by atoms with Crippen LogP contribution < -0.4 is 4.74 Å². The third-order valence-electron chi connectivity index (χ3n) is 5.26. The van der Waals surface area contributed by atoms with E-state index in [-0.39, 0.29) is 30.5 Å². The van der Waals surface area contributed by atoms with Gasteiger partial charge in [-0.1, -0.05) is 18.2 Å². The fourth-order valence-electron chi connectivity index (χ4n) is 3.86. The number of carbonyl (C=O) groups is 1. The predicted octanol–water partition coefficient (Wildman–Crippen LogP) is 1.28. The largest absolute Gasteiger partial charge is 0.483 e. The minimum absolute atomic E-state index is 0.0113. The molecule has 29 heavy (non-hydrogen) atoms. The van der Waals surface area contributed by atoms with Crippen LogP contribution in [0.3, 0.4) is 0 Å². The van der Waals surface area contributed by atoms with Gasteiger partial charge in [-0.05, 0) is 24.3 Å². The molecule has 3 heterocycles. The molecule has 1 amide bonds. The SMILES string of the molecule is COCC(=O)N1CCC2(C1)CN(Cc1ccccn1)S(=O)(=O)c1ccccc1O2. The Bertz CT molecular complexity index is 998. The monoisotopic (exact) mass is 417 g/mol. The molecule has 154 valence electrons. The standard InChI is InChI=1S/C20H23N3O5S/c1-27-13-19(24)22-11-9-20(14-22)15-23(12-16-6-4-5-10-21-16)29(25,26)18-8-3-2-7-17(18)28-20/h2-8,10H,9,11-15H2,1H3. The van der Waals surface area contributed by atoms with Crippen molar-refractivity contribution in [2.75, 3.05) is 33.4 Å². The number of ether oxygens (including phenoxy) is 2. The van der Waals surface area contributed by atoms with Crippen LogP contribution >= 0.6 is 0 Å². The summed E-state index contributed by atoms with van der Waals surface area (Å²) in [6.45, 7) is 1.05. The molecular formula is C20H23N3O5S. The number of rotatable bonds is 4. The van der Waals surface area contributed by atoms with Gasteiger partial charge in [-0.15, -0.1) is 0 Å². The molecule has 1 atom stereocenters. The molecule has 8 nitrogen and oxygen atoms in total. The third-order valence-corrected chi connectivity index (χ3v) is 7.09. The molecule has 0 bridgehead atoms. The minimum Gasteiger partial charge on any atom is -0.483 e. The Labute approximate surface area is 170 Å². The van der Waals surface area contributed by atoms with Crippen molar-refractivity contribution in [1.82, 2.24) is 14.2 Å². The second-order valence-corrected chi connectivity index (χ2v) is 9.23. The second kappa shape index (κ2) is 7.74. The molecule has 0 N–H and O–H groups in total. The molecule has 1 fully saturated rings. The van der Waals surface area contributed by atoms with Crippen LogP contribution in [0.1, 0.15) is 12.1 Å². The van der Waals surface area contributed by atoms with Crippen molar-refractivity contribution in [1.29, 1.82) is 0 Å². The maximum absolute atomic E-state index is 13.4. The summed E-state index contributed by atoms with van der Waals surface area (Å²) in [6.07, 6.45) is 2.17. The Balaban J connectivity index is 1.71. The molecule has 2 aliphatic heterocycles. The Morgan fingerprint density at radius 1 is 1.21 bits per heavy atom. The number of amides is 1. The lowest BCUT2D eigenvalue weighted by molar-refractivity contribution is -0.134. The van der Waals surface area contributed by atoms with E-state index in [1.807, 2.05) is 6.07 Å². The molecule has 2 aliphatic rings. The molecule has 1 spiro atoms. The lowest BCUT2D eigenvalue weighted by Crippen LogP contribution is -2.49. The van der Waals surface area contributed by atoms with Gasteiger partial charge in [0.25, 0.3) is 0 Å². The summed E-state index contributed by atoms with van der Waals surface area (Å²) in [5.74, 6) is 0.182. The van der Waals surface area contributed by atoms with E-state index in [2.05, 4.69) is 4.98 Å². The molecule has 0 aliphatic carbocycles. The van der Waals surface area contributed by atoms with Crippen molar-refractivity contribution in [3.05, 3.63) is 54.4 Å². The summed E-state index contributed by atoms with van der Waals surface area (Å²) >= 11 is 0. The van der Waals surface area contributed by atoms with Gasteiger partial charge in [0, 0.05) is 26.3 Å². The fraction of sp³-hybridized carbons (Fsp3) is 0.400. The average Bonchev–Trinajstić information content (AvgIpc) is 3.09. The van der Waals surface area contributed by atoms with Gasteiger partial charge in [0.1, 0.15) is 22.9 Å². The van der Waals surface area contributed by atoms with E-state index in [1.165, 1.54) is 11.4 Å². The second-order valence-electron chi connectivity index (χ2n) is 7.32. The number of hydrogen-bond acceptors (Lipinski definition) is 6. The number of aromatic nitrogens is 1. The van der Waals surface area contributed by atoms with Crippen molar-refractivity contribution in [3.8, 4) is 5.75 Å². The van der Waals surface area contributed by atoms with E-state index in [4.69, 9.17) is 9.47 Å². The molecule has 1 saturated heterocycles. The van der Waals surface area contributed by atoms with Crippen molar-refractivity contribution < 1.29 is 22.7 Å². The molecular weight excluding hydrogens is 394 g/mol. The summed E-state index contributed by atoms with van der Waals surface area (Å²) in [7, 11) is -2.31. The smallest absolute Gasteiger partial charge is 0.248 e. The summed E-state index contributed by atoms with van der Waals surface area (Å²) < 4.78 is 39.5. The molecule has 9 heteroatoms. The minimum atomic E-state index is -3.79. The number of sulfonamides is 1. The Morgan fingerprint density at radius 3 is 2.76 bits per heavy atom.